The van der Waals surface area contributed by atoms with Gasteiger partial charge in [-0.2, -0.15) is 4.31 Å². The van der Waals surface area contributed by atoms with Crippen molar-refractivity contribution in [3.63, 3.8) is 0 Å². The van der Waals surface area contributed by atoms with Gasteiger partial charge < -0.3 is 4.42 Å². The maximum Gasteiger partial charge on any atom is 0.289 e. The van der Waals surface area contributed by atoms with Crippen molar-refractivity contribution in [2.75, 3.05) is 7.05 Å². The molecule has 0 aliphatic rings. The van der Waals surface area contributed by atoms with Gasteiger partial charge in [-0.25, -0.2) is 8.42 Å². The second-order valence-electron chi connectivity index (χ2n) is 5.85. The maximum atomic E-state index is 12.7. The topological polar surface area (TPSA) is 119 Å². The van der Waals surface area contributed by atoms with Crippen LogP contribution in [0.4, 0.5) is 5.69 Å². The Morgan fingerprint density at radius 2 is 1.78 bits per heavy atom. The molecule has 3 rings (SSSR count). The van der Waals surface area contributed by atoms with E-state index in [0.717, 1.165) is 15.9 Å². The molecule has 140 valence electrons. The van der Waals surface area contributed by atoms with Gasteiger partial charge in [0.15, 0.2) is 4.90 Å². The van der Waals surface area contributed by atoms with Crippen LogP contribution in [0.2, 0.25) is 0 Å². The molecule has 0 saturated heterocycles. The molecule has 0 unspecified atom stereocenters. The Kier molecular flexibility index (Phi) is 5.02. The molecule has 0 bridgehead atoms. The highest BCUT2D eigenvalue weighted by Gasteiger charge is 2.30. The number of benzene rings is 2. The highest BCUT2D eigenvalue weighted by molar-refractivity contribution is 7.89. The number of nitro benzene ring substituents is 1. The van der Waals surface area contributed by atoms with Gasteiger partial charge in [-0.05, 0) is 25.1 Å². The zero-order chi connectivity index (χ0) is 19.6. The highest BCUT2D eigenvalue weighted by Crippen LogP contribution is 2.26. The molecular weight excluding hydrogens is 372 g/mol. The monoisotopic (exact) mass is 388 g/mol. The van der Waals surface area contributed by atoms with E-state index in [4.69, 9.17) is 4.42 Å². The van der Waals surface area contributed by atoms with Crippen molar-refractivity contribution < 1.29 is 17.8 Å². The van der Waals surface area contributed by atoms with Crippen LogP contribution in [0.5, 0.6) is 0 Å². The summed E-state index contributed by atoms with van der Waals surface area (Å²) in [6.45, 7) is 1.73. The standard InChI is InChI=1S/C17H16N4O5S/c1-12-7-9-13(10-8-12)17-19-18-16(26-17)11-20(2)27(24,25)15-6-4-3-5-14(15)21(22)23/h3-10H,11H2,1-2H3. The number of nitrogens with zero attached hydrogens (tertiary/aromatic N) is 4. The third kappa shape index (κ3) is 3.86. The van der Waals surface area contributed by atoms with E-state index in [-0.39, 0.29) is 18.3 Å². The first kappa shape index (κ1) is 18.7. The van der Waals surface area contributed by atoms with Gasteiger partial charge in [-0.1, -0.05) is 29.8 Å². The fraction of sp³-hybridized carbons (Fsp3) is 0.176. The lowest BCUT2D eigenvalue weighted by molar-refractivity contribution is -0.387. The van der Waals surface area contributed by atoms with Gasteiger partial charge in [0, 0.05) is 18.7 Å². The van der Waals surface area contributed by atoms with Crippen LogP contribution in [0.1, 0.15) is 11.5 Å². The van der Waals surface area contributed by atoms with E-state index in [1.807, 2.05) is 31.2 Å². The summed E-state index contributed by atoms with van der Waals surface area (Å²) in [4.78, 5) is 9.99. The summed E-state index contributed by atoms with van der Waals surface area (Å²) in [7, 11) is -2.82. The molecule has 1 heterocycles. The number of para-hydroxylation sites is 1. The van der Waals surface area contributed by atoms with Crippen molar-refractivity contribution in [2.24, 2.45) is 0 Å². The minimum absolute atomic E-state index is 0.0789. The SMILES string of the molecule is Cc1ccc(-c2nnc(CN(C)S(=O)(=O)c3ccccc3[N+](=O)[O-])o2)cc1. The van der Waals surface area contributed by atoms with E-state index in [9.17, 15) is 18.5 Å². The quantitative estimate of drug-likeness (QED) is 0.470. The molecule has 0 aliphatic carbocycles. The van der Waals surface area contributed by atoms with Gasteiger partial charge in [0.2, 0.25) is 21.8 Å². The lowest BCUT2D eigenvalue weighted by Gasteiger charge is -2.15. The highest BCUT2D eigenvalue weighted by atomic mass is 32.2. The summed E-state index contributed by atoms with van der Waals surface area (Å²) >= 11 is 0. The summed E-state index contributed by atoms with van der Waals surface area (Å²) in [6.07, 6.45) is 0. The molecule has 2 aromatic carbocycles. The van der Waals surface area contributed by atoms with Crippen molar-refractivity contribution in [2.45, 2.75) is 18.4 Å². The molecule has 27 heavy (non-hydrogen) atoms. The Labute approximate surface area is 155 Å². The first-order valence-corrected chi connectivity index (χ1v) is 9.32. The fourth-order valence-electron chi connectivity index (χ4n) is 2.40. The Balaban J connectivity index is 1.84. The van der Waals surface area contributed by atoms with Gasteiger partial charge in [-0.3, -0.25) is 10.1 Å². The van der Waals surface area contributed by atoms with Crippen LogP contribution in [0, 0.1) is 17.0 Å². The van der Waals surface area contributed by atoms with Crippen LogP contribution in [-0.4, -0.2) is 34.9 Å². The normalized spacial score (nSPS) is 11.7. The minimum Gasteiger partial charge on any atom is -0.419 e. The molecule has 0 fully saturated rings. The molecule has 3 aromatic rings. The fourth-order valence-corrected chi connectivity index (χ4v) is 3.67. The molecule has 0 radical (unpaired) electrons. The summed E-state index contributed by atoms with van der Waals surface area (Å²) in [5.41, 5.74) is 1.30. The number of rotatable bonds is 6. The van der Waals surface area contributed by atoms with Crippen molar-refractivity contribution >= 4 is 15.7 Å². The van der Waals surface area contributed by atoms with Gasteiger partial charge in [-0.15, -0.1) is 10.2 Å². The van der Waals surface area contributed by atoms with E-state index in [1.54, 1.807) is 0 Å². The van der Waals surface area contributed by atoms with Crippen LogP contribution in [0.15, 0.2) is 57.8 Å². The van der Waals surface area contributed by atoms with E-state index in [0.29, 0.717) is 5.56 Å². The lowest BCUT2D eigenvalue weighted by Crippen LogP contribution is -2.27. The first-order chi connectivity index (χ1) is 12.8. The predicted molar refractivity (Wildman–Crippen MR) is 96.2 cm³/mol. The molecule has 0 amide bonds. The molecule has 10 heteroatoms. The molecule has 1 aromatic heterocycles. The third-order valence-corrected chi connectivity index (χ3v) is 5.72. The van der Waals surface area contributed by atoms with Crippen LogP contribution in [0.25, 0.3) is 11.5 Å². The number of sulfonamides is 1. The Morgan fingerprint density at radius 1 is 1.11 bits per heavy atom. The second-order valence-corrected chi connectivity index (χ2v) is 7.87. The number of hydrogen-bond donors (Lipinski definition) is 0. The molecule has 0 atom stereocenters. The van der Waals surface area contributed by atoms with Crippen LogP contribution >= 0.6 is 0 Å². The van der Waals surface area contributed by atoms with Crippen molar-refractivity contribution in [3.8, 4) is 11.5 Å². The Hall–Kier alpha value is -3.11. The average molecular weight is 388 g/mol. The summed E-state index contributed by atoms with van der Waals surface area (Å²) < 4.78 is 31.9. The largest absolute Gasteiger partial charge is 0.419 e. The second kappa shape index (κ2) is 7.25. The molecule has 0 saturated carbocycles. The van der Waals surface area contributed by atoms with Gasteiger partial charge in [0.05, 0.1) is 11.5 Å². The molecule has 0 aliphatic heterocycles. The maximum absolute atomic E-state index is 12.7. The van der Waals surface area contributed by atoms with Crippen LogP contribution in [0.3, 0.4) is 0 Å². The van der Waals surface area contributed by atoms with E-state index < -0.39 is 25.5 Å². The zero-order valence-corrected chi connectivity index (χ0v) is 15.4. The third-order valence-electron chi connectivity index (χ3n) is 3.87. The molecule has 0 spiro atoms. The van der Waals surface area contributed by atoms with Gasteiger partial charge in [0.25, 0.3) is 5.69 Å². The van der Waals surface area contributed by atoms with Crippen LogP contribution < -0.4 is 0 Å². The van der Waals surface area contributed by atoms with Crippen molar-refractivity contribution in [1.29, 1.82) is 0 Å². The van der Waals surface area contributed by atoms with Gasteiger partial charge in [0.1, 0.15) is 0 Å². The van der Waals surface area contributed by atoms with Crippen LogP contribution in [-0.2, 0) is 16.6 Å². The Morgan fingerprint density at radius 3 is 2.44 bits per heavy atom. The Bertz CT molecular complexity index is 1080. The number of hydrogen-bond acceptors (Lipinski definition) is 7. The zero-order valence-electron chi connectivity index (χ0n) is 14.6. The number of aryl methyl sites for hydroxylation is 1. The minimum atomic E-state index is -4.11. The molecule has 0 N–H and O–H groups in total. The first-order valence-electron chi connectivity index (χ1n) is 7.88. The summed E-state index contributed by atoms with van der Waals surface area (Å²) in [6, 6.07) is 12.6. The van der Waals surface area contributed by atoms with E-state index >= 15 is 0 Å². The molecular formula is C17H16N4O5S. The van der Waals surface area contributed by atoms with E-state index in [1.165, 1.54) is 25.2 Å². The summed E-state index contributed by atoms with van der Waals surface area (Å²) in [5, 5.41) is 18.9. The van der Waals surface area contributed by atoms with Crippen molar-refractivity contribution in [1.82, 2.24) is 14.5 Å². The van der Waals surface area contributed by atoms with E-state index in [2.05, 4.69) is 10.2 Å². The molecule has 9 nitrogen and oxygen atoms in total. The lowest BCUT2D eigenvalue weighted by atomic mass is 10.1. The van der Waals surface area contributed by atoms with Gasteiger partial charge >= 0.3 is 0 Å². The smallest absolute Gasteiger partial charge is 0.289 e. The van der Waals surface area contributed by atoms with Crippen molar-refractivity contribution in [3.05, 3.63) is 70.1 Å². The number of aromatic nitrogens is 2. The predicted octanol–water partition coefficient (Wildman–Crippen LogP) is 2.77. The number of nitro groups is 1. The average Bonchev–Trinajstić information content (AvgIpc) is 3.10. The summed E-state index contributed by atoms with van der Waals surface area (Å²) in [5.74, 6) is 0.344.